The third-order valence-corrected chi connectivity index (χ3v) is 6.45. The van der Waals surface area contributed by atoms with Crippen LogP contribution in [0.5, 0.6) is 0 Å². The first-order chi connectivity index (χ1) is 13.2. The molecule has 0 fully saturated rings. The summed E-state index contributed by atoms with van der Waals surface area (Å²) in [5.74, 6) is 0. The Labute approximate surface area is 172 Å². The standard InChI is InChI=1S/C22H16Cl2N2S/c23-18-10-14(16-11-21(24)27-13-16)7-8-17(18)22-20-6-3-9-26(20)12-15-4-1-2-5-19(15)25-22/h1-11,13,22,25H,12H2. The van der Waals surface area contributed by atoms with Crippen LogP contribution in [-0.4, -0.2) is 4.57 Å². The second-order valence-corrected chi connectivity index (χ2v) is 8.62. The molecule has 4 aromatic rings. The van der Waals surface area contributed by atoms with Gasteiger partial charge in [0.05, 0.1) is 10.4 Å². The Kier molecular flexibility index (Phi) is 4.24. The molecule has 2 aromatic carbocycles. The highest BCUT2D eigenvalue weighted by Crippen LogP contribution is 2.38. The summed E-state index contributed by atoms with van der Waals surface area (Å²) in [6, 6.07) is 20.9. The Balaban J connectivity index is 1.60. The average molecular weight is 411 g/mol. The van der Waals surface area contributed by atoms with Crippen LogP contribution < -0.4 is 5.32 Å². The van der Waals surface area contributed by atoms with E-state index < -0.39 is 0 Å². The molecule has 134 valence electrons. The van der Waals surface area contributed by atoms with E-state index in [0.717, 1.165) is 38.3 Å². The smallest absolute Gasteiger partial charge is 0.0934 e. The minimum atomic E-state index is -0.00346. The van der Waals surface area contributed by atoms with Gasteiger partial charge in [-0.1, -0.05) is 53.5 Å². The van der Waals surface area contributed by atoms with Gasteiger partial charge >= 0.3 is 0 Å². The second kappa shape index (κ2) is 6.75. The molecule has 1 aliphatic rings. The molecule has 3 heterocycles. The van der Waals surface area contributed by atoms with Gasteiger partial charge in [-0.2, -0.15) is 0 Å². The summed E-state index contributed by atoms with van der Waals surface area (Å²) in [6.45, 7) is 0.852. The molecule has 0 saturated carbocycles. The zero-order chi connectivity index (χ0) is 18.4. The highest BCUT2D eigenvalue weighted by molar-refractivity contribution is 7.14. The SMILES string of the molecule is Clc1cc(-c2ccc(C3Nc4ccccc4Cn4cccc43)c(Cl)c2)cs1. The summed E-state index contributed by atoms with van der Waals surface area (Å²) in [6.07, 6.45) is 2.13. The van der Waals surface area contributed by atoms with Crippen LogP contribution in [0.15, 0.2) is 72.2 Å². The first-order valence-corrected chi connectivity index (χ1v) is 10.4. The predicted octanol–water partition coefficient (Wildman–Crippen LogP) is 7.09. The molecule has 1 atom stereocenters. The third-order valence-electron chi connectivity index (χ3n) is 5.03. The number of aromatic nitrogens is 1. The van der Waals surface area contributed by atoms with Crippen LogP contribution in [0.3, 0.4) is 0 Å². The van der Waals surface area contributed by atoms with E-state index in [0.29, 0.717) is 0 Å². The Hall–Kier alpha value is -2.20. The number of benzene rings is 2. The van der Waals surface area contributed by atoms with E-state index >= 15 is 0 Å². The molecule has 0 amide bonds. The number of thiophene rings is 1. The first-order valence-electron chi connectivity index (χ1n) is 8.72. The van der Waals surface area contributed by atoms with Crippen LogP contribution in [0.25, 0.3) is 11.1 Å². The largest absolute Gasteiger partial charge is 0.373 e. The molecule has 1 unspecified atom stereocenters. The first kappa shape index (κ1) is 16.9. The molecule has 5 rings (SSSR count). The molecule has 1 N–H and O–H groups in total. The zero-order valence-electron chi connectivity index (χ0n) is 14.3. The maximum Gasteiger partial charge on any atom is 0.0934 e. The van der Waals surface area contributed by atoms with Crippen LogP contribution in [-0.2, 0) is 6.54 Å². The van der Waals surface area contributed by atoms with Crippen LogP contribution >= 0.6 is 34.5 Å². The molecular formula is C22H16Cl2N2S. The number of anilines is 1. The van der Waals surface area contributed by atoms with E-state index in [1.807, 2.05) is 12.1 Å². The number of nitrogens with zero attached hydrogens (tertiary/aromatic N) is 1. The van der Waals surface area contributed by atoms with Gasteiger partial charge in [-0.15, -0.1) is 11.3 Å². The molecule has 0 aliphatic carbocycles. The fraction of sp³-hybridized carbons (Fsp3) is 0.0909. The van der Waals surface area contributed by atoms with Crippen molar-refractivity contribution in [3.63, 3.8) is 0 Å². The Morgan fingerprint density at radius 2 is 1.85 bits per heavy atom. The maximum absolute atomic E-state index is 6.75. The summed E-state index contributed by atoms with van der Waals surface area (Å²) in [5.41, 5.74) is 6.88. The highest BCUT2D eigenvalue weighted by atomic mass is 35.5. The van der Waals surface area contributed by atoms with E-state index in [2.05, 4.69) is 70.0 Å². The number of fused-ring (bicyclic) bond motifs is 2. The molecule has 5 heteroatoms. The molecule has 0 radical (unpaired) electrons. The monoisotopic (exact) mass is 410 g/mol. The lowest BCUT2D eigenvalue weighted by molar-refractivity contribution is 0.740. The molecular weight excluding hydrogens is 395 g/mol. The number of hydrogen-bond acceptors (Lipinski definition) is 2. The number of para-hydroxylation sites is 1. The van der Waals surface area contributed by atoms with E-state index in [9.17, 15) is 0 Å². The lowest BCUT2D eigenvalue weighted by Gasteiger charge is -2.21. The predicted molar refractivity (Wildman–Crippen MR) is 115 cm³/mol. The topological polar surface area (TPSA) is 17.0 Å². The van der Waals surface area contributed by atoms with Gasteiger partial charge in [-0.3, -0.25) is 0 Å². The molecule has 2 nitrogen and oxygen atoms in total. The fourth-order valence-electron chi connectivity index (χ4n) is 3.68. The second-order valence-electron chi connectivity index (χ2n) is 6.67. The van der Waals surface area contributed by atoms with Crippen molar-refractivity contribution in [1.82, 2.24) is 4.57 Å². The molecule has 1 aliphatic heterocycles. The average Bonchev–Trinajstić information content (AvgIpc) is 3.27. The van der Waals surface area contributed by atoms with Crippen LogP contribution in [0.4, 0.5) is 5.69 Å². The summed E-state index contributed by atoms with van der Waals surface area (Å²) in [7, 11) is 0. The van der Waals surface area contributed by atoms with Crippen LogP contribution in [0, 0.1) is 0 Å². The maximum atomic E-state index is 6.75. The summed E-state index contributed by atoms with van der Waals surface area (Å²) in [4.78, 5) is 0. The van der Waals surface area contributed by atoms with Gasteiger partial charge in [-0.05, 0) is 52.6 Å². The van der Waals surface area contributed by atoms with Crippen molar-refractivity contribution in [3.8, 4) is 11.1 Å². The van der Waals surface area contributed by atoms with E-state index in [4.69, 9.17) is 23.2 Å². The minimum Gasteiger partial charge on any atom is -0.373 e. The van der Waals surface area contributed by atoms with Crippen molar-refractivity contribution < 1.29 is 0 Å². The summed E-state index contributed by atoms with van der Waals surface area (Å²) < 4.78 is 3.07. The lowest BCUT2D eigenvalue weighted by atomic mass is 9.99. The van der Waals surface area contributed by atoms with Gasteiger partial charge < -0.3 is 9.88 Å². The number of nitrogens with one attached hydrogen (secondary N) is 1. The summed E-state index contributed by atoms with van der Waals surface area (Å²) >= 11 is 14.4. The molecule has 27 heavy (non-hydrogen) atoms. The number of rotatable bonds is 2. The van der Waals surface area contributed by atoms with Gasteiger partial charge in [-0.25, -0.2) is 0 Å². The van der Waals surface area contributed by atoms with E-state index in [1.54, 1.807) is 0 Å². The van der Waals surface area contributed by atoms with Gasteiger partial charge in [0.2, 0.25) is 0 Å². The Bertz CT molecular complexity index is 1130. The molecule has 2 aromatic heterocycles. The van der Waals surface area contributed by atoms with Crippen molar-refractivity contribution in [2.45, 2.75) is 12.6 Å². The van der Waals surface area contributed by atoms with Crippen molar-refractivity contribution in [1.29, 1.82) is 0 Å². The van der Waals surface area contributed by atoms with Crippen LogP contribution in [0.2, 0.25) is 9.36 Å². The summed E-state index contributed by atoms with van der Waals surface area (Å²) in [5, 5.41) is 6.50. The number of halogens is 2. The van der Waals surface area contributed by atoms with Gasteiger partial charge in [0.15, 0.2) is 0 Å². The molecule has 0 saturated heterocycles. The lowest BCUT2D eigenvalue weighted by Crippen LogP contribution is -2.14. The zero-order valence-corrected chi connectivity index (χ0v) is 16.7. The Morgan fingerprint density at radius 3 is 2.67 bits per heavy atom. The Morgan fingerprint density at radius 1 is 0.963 bits per heavy atom. The molecule has 0 spiro atoms. The third kappa shape index (κ3) is 3.06. The van der Waals surface area contributed by atoms with Gasteiger partial charge in [0.1, 0.15) is 0 Å². The van der Waals surface area contributed by atoms with E-state index in [1.165, 1.54) is 22.6 Å². The van der Waals surface area contributed by atoms with Gasteiger partial charge in [0, 0.05) is 34.5 Å². The minimum absolute atomic E-state index is 0.00346. The normalized spacial score (nSPS) is 15.6. The fourth-order valence-corrected chi connectivity index (χ4v) is 4.86. The van der Waals surface area contributed by atoms with Crippen molar-refractivity contribution in [3.05, 3.63) is 98.4 Å². The van der Waals surface area contributed by atoms with E-state index in [-0.39, 0.29) is 6.04 Å². The van der Waals surface area contributed by atoms with Gasteiger partial charge in [0.25, 0.3) is 0 Å². The van der Waals surface area contributed by atoms with Crippen molar-refractivity contribution in [2.24, 2.45) is 0 Å². The quantitative estimate of drug-likeness (QED) is 0.373. The molecule has 0 bridgehead atoms. The van der Waals surface area contributed by atoms with Crippen LogP contribution in [0.1, 0.15) is 22.9 Å². The van der Waals surface area contributed by atoms with Crippen molar-refractivity contribution >= 4 is 40.2 Å². The van der Waals surface area contributed by atoms with Crippen molar-refractivity contribution in [2.75, 3.05) is 5.32 Å². The number of hydrogen-bond donors (Lipinski definition) is 1. The highest BCUT2D eigenvalue weighted by Gasteiger charge is 2.24.